The van der Waals surface area contributed by atoms with Crippen molar-refractivity contribution in [1.29, 1.82) is 0 Å². The van der Waals surface area contributed by atoms with Gasteiger partial charge in [-0.15, -0.1) is 0 Å². The van der Waals surface area contributed by atoms with Crippen molar-refractivity contribution in [3.05, 3.63) is 90.0 Å². The van der Waals surface area contributed by atoms with E-state index in [1.807, 2.05) is 30.3 Å². The molecule has 0 fully saturated rings. The number of primary amides is 1. The van der Waals surface area contributed by atoms with Crippen LogP contribution in [0.5, 0.6) is 5.75 Å². The SMILES string of the molecule is NC(=O)COc1ccc(C=CC(=O)Nc2ccccc2N2CCc3ccccc32)cc1. The molecule has 3 N–H and O–H groups in total. The number of benzene rings is 3. The molecule has 0 atom stereocenters. The molecule has 1 heterocycles. The van der Waals surface area contributed by atoms with Crippen molar-refractivity contribution >= 4 is 35.0 Å². The first-order valence-electron chi connectivity index (χ1n) is 10.0. The van der Waals surface area contributed by atoms with Crippen LogP contribution in [-0.4, -0.2) is 25.0 Å². The molecule has 2 amide bonds. The topological polar surface area (TPSA) is 84.7 Å². The number of nitrogens with one attached hydrogen (secondary N) is 1. The van der Waals surface area contributed by atoms with Crippen LogP contribution in [0.25, 0.3) is 6.08 Å². The summed E-state index contributed by atoms with van der Waals surface area (Å²) in [4.78, 5) is 25.6. The predicted octanol–water partition coefficient (Wildman–Crippen LogP) is 3.90. The number of ether oxygens (including phenoxy) is 1. The standard InChI is InChI=1S/C25H23N3O3/c26-24(29)17-31-20-12-9-18(10-13-20)11-14-25(30)27-21-6-2-4-8-23(21)28-16-15-19-5-1-3-7-22(19)28/h1-14H,15-17H2,(H2,26,29)(H,27,30). The zero-order valence-electron chi connectivity index (χ0n) is 17.0. The number of para-hydroxylation sites is 3. The highest BCUT2D eigenvalue weighted by atomic mass is 16.5. The van der Waals surface area contributed by atoms with Gasteiger partial charge in [-0.1, -0.05) is 42.5 Å². The predicted molar refractivity (Wildman–Crippen MR) is 122 cm³/mol. The van der Waals surface area contributed by atoms with Crippen LogP contribution in [0.4, 0.5) is 17.1 Å². The van der Waals surface area contributed by atoms with Crippen molar-refractivity contribution in [2.75, 3.05) is 23.4 Å². The average molecular weight is 413 g/mol. The molecule has 6 nitrogen and oxygen atoms in total. The van der Waals surface area contributed by atoms with Crippen molar-refractivity contribution in [1.82, 2.24) is 0 Å². The second kappa shape index (κ2) is 9.17. The molecule has 0 aliphatic carbocycles. The maximum Gasteiger partial charge on any atom is 0.255 e. The highest BCUT2D eigenvalue weighted by Gasteiger charge is 2.22. The lowest BCUT2D eigenvalue weighted by Crippen LogP contribution is -2.19. The minimum absolute atomic E-state index is 0.168. The van der Waals surface area contributed by atoms with Gasteiger partial charge in [0.15, 0.2) is 6.61 Å². The van der Waals surface area contributed by atoms with E-state index in [-0.39, 0.29) is 12.5 Å². The largest absolute Gasteiger partial charge is 0.484 e. The van der Waals surface area contributed by atoms with E-state index >= 15 is 0 Å². The molecule has 1 aliphatic heterocycles. The fourth-order valence-electron chi connectivity index (χ4n) is 3.58. The van der Waals surface area contributed by atoms with Gasteiger partial charge in [0.2, 0.25) is 5.91 Å². The Morgan fingerprint density at radius 2 is 1.68 bits per heavy atom. The van der Waals surface area contributed by atoms with E-state index in [2.05, 4.69) is 28.4 Å². The lowest BCUT2D eigenvalue weighted by Gasteiger charge is -2.22. The molecular weight excluding hydrogens is 390 g/mol. The van der Waals surface area contributed by atoms with Crippen LogP contribution >= 0.6 is 0 Å². The van der Waals surface area contributed by atoms with Gasteiger partial charge in [-0.3, -0.25) is 9.59 Å². The number of hydrogen-bond donors (Lipinski definition) is 2. The van der Waals surface area contributed by atoms with E-state index in [0.717, 1.165) is 29.9 Å². The van der Waals surface area contributed by atoms with Crippen LogP contribution in [0.2, 0.25) is 0 Å². The summed E-state index contributed by atoms with van der Waals surface area (Å²) in [5.41, 5.74) is 10.1. The highest BCUT2D eigenvalue weighted by molar-refractivity contribution is 6.04. The Hall–Kier alpha value is -4.06. The molecule has 3 aromatic rings. The fraction of sp³-hybridized carbons (Fsp3) is 0.120. The van der Waals surface area contributed by atoms with E-state index < -0.39 is 5.91 Å². The lowest BCUT2D eigenvalue weighted by atomic mass is 10.1. The Bertz CT molecular complexity index is 1120. The third-order valence-electron chi connectivity index (χ3n) is 5.03. The molecule has 1 aliphatic rings. The number of rotatable bonds is 7. The molecule has 6 heteroatoms. The van der Waals surface area contributed by atoms with Crippen LogP contribution in [-0.2, 0) is 16.0 Å². The van der Waals surface area contributed by atoms with E-state index in [4.69, 9.17) is 10.5 Å². The molecular formula is C25H23N3O3. The number of hydrogen-bond acceptors (Lipinski definition) is 4. The van der Waals surface area contributed by atoms with Crippen LogP contribution in [0.15, 0.2) is 78.9 Å². The Morgan fingerprint density at radius 1 is 0.968 bits per heavy atom. The summed E-state index contributed by atoms with van der Waals surface area (Å²) in [6, 6.07) is 23.2. The third kappa shape index (κ3) is 4.93. The summed E-state index contributed by atoms with van der Waals surface area (Å²) in [7, 11) is 0. The summed E-state index contributed by atoms with van der Waals surface area (Å²) in [5, 5.41) is 2.99. The molecule has 31 heavy (non-hydrogen) atoms. The Balaban J connectivity index is 1.43. The molecule has 0 saturated carbocycles. The Labute approximate surface area is 180 Å². The first-order chi connectivity index (χ1) is 15.1. The van der Waals surface area contributed by atoms with E-state index in [0.29, 0.717) is 5.75 Å². The molecule has 0 bridgehead atoms. The van der Waals surface area contributed by atoms with Crippen LogP contribution in [0.3, 0.4) is 0 Å². The average Bonchev–Trinajstić information content (AvgIpc) is 3.21. The van der Waals surface area contributed by atoms with Gasteiger partial charge in [0.1, 0.15) is 5.75 Å². The summed E-state index contributed by atoms with van der Waals surface area (Å²) in [6.45, 7) is 0.713. The monoisotopic (exact) mass is 413 g/mol. The van der Waals surface area contributed by atoms with Gasteiger partial charge in [-0.25, -0.2) is 0 Å². The number of anilines is 3. The van der Waals surface area contributed by atoms with Crippen LogP contribution in [0.1, 0.15) is 11.1 Å². The van der Waals surface area contributed by atoms with Crippen molar-refractivity contribution < 1.29 is 14.3 Å². The van der Waals surface area contributed by atoms with Gasteiger partial charge in [-0.2, -0.15) is 0 Å². The van der Waals surface area contributed by atoms with Crippen molar-refractivity contribution in [2.45, 2.75) is 6.42 Å². The van der Waals surface area contributed by atoms with Gasteiger partial charge < -0.3 is 20.7 Å². The second-order valence-corrected chi connectivity index (χ2v) is 7.19. The quantitative estimate of drug-likeness (QED) is 0.576. The number of carbonyl (C=O) groups excluding carboxylic acids is 2. The van der Waals surface area contributed by atoms with Gasteiger partial charge >= 0.3 is 0 Å². The van der Waals surface area contributed by atoms with Gasteiger partial charge in [0.25, 0.3) is 5.91 Å². The highest BCUT2D eigenvalue weighted by Crippen LogP contribution is 2.38. The van der Waals surface area contributed by atoms with E-state index in [1.54, 1.807) is 30.3 Å². The summed E-state index contributed by atoms with van der Waals surface area (Å²) in [6.07, 6.45) is 4.20. The first kappa shape index (κ1) is 20.2. The number of carbonyl (C=O) groups is 2. The molecule has 0 saturated heterocycles. The Morgan fingerprint density at radius 3 is 2.45 bits per heavy atom. The summed E-state index contributed by atoms with van der Waals surface area (Å²) < 4.78 is 5.23. The zero-order valence-corrected chi connectivity index (χ0v) is 17.0. The van der Waals surface area contributed by atoms with E-state index in [1.165, 1.54) is 17.3 Å². The number of amides is 2. The molecule has 0 spiro atoms. The van der Waals surface area contributed by atoms with Crippen molar-refractivity contribution in [2.24, 2.45) is 5.73 Å². The molecule has 4 rings (SSSR count). The number of nitrogens with zero attached hydrogens (tertiary/aromatic N) is 1. The molecule has 0 radical (unpaired) electrons. The summed E-state index contributed by atoms with van der Waals surface area (Å²) in [5.74, 6) is -0.201. The van der Waals surface area contributed by atoms with Crippen molar-refractivity contribution in [3.8, 4) is 5.75 Å². The van der Waals surface area contributed by atoms with E-state index in [9.17, 15) is 9.59 Å². The van der Waals surface area contributed by atoms with Crippen LogP contribution in [0, 0.1) is 0 Å². The number of fused-ring (bicyclic) bond motifs is 1. The minimum Gasteiger partial charge on any atom is -0.484 e. The van der Waals surface area contributed by atoms with Gasteiger partial charge in [-0.05, 0) is 54.0 Å². The van der Waals surface area contributed by atoms with Gasteiger partial charge in [0.05, 0.1) is 11.4 Å². The fourth-order valence-corrected chi connectivity index (χ4v) is 3.58. The maximum atomic E-state index is 12.6. The molecule has 3 aromatic carbocycles. The van der Waals surface area contributed by atoms with Gasteiger partial charge in [0, 0.05) is 18.3 Å². The third-order valence-corrected chi connectivity index (χ3v) is 5.03. The minimum atomic E-state index is -0.529. The molecule has 0 aromatic heterocycles. The second-order valence-electron chi connectivity index (χ2n) is 7.19. The summed E-state index contributed by atoms with van der Waals surface area (Å²) >= 11 is 0. The maximum absolute atomic E-state index is 12.6. The zero-order chi connectivity index (χ0) is 21.6. The van der Waals surface area contributed by atoms with Crippen molar-refractivity contribution in [3.63, 3.8) is 0 Å². The lowest BCUT2D eigenvalue weighted by molar-refractivity contribution is -0.120. The van der Waals surface area contributed by atoms with Crippen LogP contribution < -0.4 is 20.7 Å². The normalized spacial score (nSPS) is 12.6. The number of nitrogens with two attached hydrogens (primary N) is 1. The smallest absolute Gasteiger partial charge is 0.255 e. The molecule has 0 unspecified atom stereocenters. The Kier molecular flexibility index (Phi) is 5.98. The molecule has 156 valence electrons. The first-order valence-corrected chi connectivity index (χ1v) is 10.0.